The second-order valence-corrected chi connectivity index (χ2v) is 4.66. The molecule has 0 bridgehead atoms. The van der Waals surface area contributed by atoms with E-state index in [2.05, 4.69) is 10.3 Å². The van der Waals surface area contributed by atoms with Crippen molar-refractivity contribution in [2.24, 2.45) is 0 Å². The van der Waals surface area contributed by atoms with Crippen LogP contribution < -0.4 is 10.1 Å². The minimum atomic E-state index is -0.836. The van der Waals surface area contributed by atoms with Gasteiger partial charge in [0.25, 0.3) is 0 Å². The maximum Gasteiger partial charge on any atom is 0.407 e. The maximum absolute atomic E-state index is 10.9. The first-order chi connectivity index (χ1) is 9.19. The van der Waals surface area contributed by atoms with Gasteiger partial charge in [-0.05, 0) is 24.5 Å². The number of hydrogen-bond acceptors (Lipinski definition) is 4. The molecule has 1 fully saturated rings. The Kier molecular flexibility index (Phi) is 4.57. The Morgan fingerprint density at radius 3 is 3.26 bits per heavy atom. The van der Waals surface area contributed by atoms with Crippen LogP contribution in [0.4, 0.5) is 4.79 Å². The van der Waals surface area contributed by atoms with Gasteiger partial charge in [-0.2, -0.15) is 0 Å². The number of methoxy groups -OCH3 is 1. The van der Waals surface area contributed by atoms with E-state index in [0.29, 0.717) is 25.5 Å². The summed E-state index contributed by atoms with van der Waals surface area (Å²) < 4.78 is 5.07. The summed E-state index contributed by atoms with van der Waals surface area (Å²) in [5, 5.41) is 12.4. The molecule has 1 aromatic heterocycles. The first kappa shape index (κ1) is 13.6. The van der Waals surface area contributed by atoms with Gasteiger partial charge in [-0.1, -0.05) is 0 Å². The third-order valence-corrected chi connectivity index (χ3v) is 3.30. The maximum atomic E-state index is 10.9. The van der Waals surface area contributed by atoms with E-state index < -0.39 is 6.09 Å². The monoisotopic (exact) mass is 265 g/mol. The largest absolute Gasteiger partial charge is 0.481 e. The standard InChI is InChI=1S/C13H19N3O3/c1-19-12-7-10(4-5-14-12)8-15-11-3-2-6-16(9-11)13(17)18/h4-5,7,11,15H,2-3,6,8-9H2,1H3,(H,17,18). The number of nitrogens with zero attached hydrogens (tertiary/aromatic N) is 2. The number of carboxylic acid groups (broad SMARTS) is 1. The van der Waals surface area contributed by atoms with Gasteiger partial charge in [-0.25, -0.2) is 9.78 Å². The molecule has 6 heteroatoms. The van der Waals surface area contributed by atoms with Crippen molar-refractivity contribution in [1.82, 2.24) is 15.2 Å². The van der Waals surface area contributed by atoms with Crippen LogP contribution in [0.25, 0.3) is 0 Å². The Morgan fingerprint density at radius 1 is 1.68 bits per heavy atom. The van der Waals surface area contributed by atoms with E-state index >= 15 is 0 Å². The molecule has 0 spiro atoms. The number of hydrogen-bond donors (Lipinski definition) is 2. The number of aromatic nitrogens is 1. The number of rotatable bonds is 4. The summed E-state index contributed by atoms with van der Waals surface area (Å²) >= 11 is 0. The molecule has 1 unspecified atom stereocenters. The minimum absolute atomic E-state index is 0.212. The zero-order chi connectivity index (χ0) is 13.7. The fraction of sp³-hybridized carbons (Fsp3) is 0.538. The first-order valence-electron chi connectivity index (χ1n) is 6.39. The van der Waals surface area contributed by atoms with Crippen molar-refractivity contribution in [3.05, 3.63) is 23.9 Å². The van der Waals surface area contributed by atoms with Crippen LogP contribution in [0.2, 0.25) is 0 Å². The molecular weight excluding hydrogens is 246 g/mol. The lowest BCUT2D eigenvalue weighted by molar-refractivity contribution is 0.126. The molecule has 1 amide bonds. The summed E-state index contributed by atoms with van der Waals surface area (Å²) in [5.74, 6) is 0.593. The molecule has 104 valence electrons. The quantitative estimate of drug-likeness (QED) is 0.859. The SMILES string of the molecule is COc1cc(CNC2CCCN(C(=O)O)C2)ccn1. The van der Waals surface area contributed by atoms with Crippen LogP contribution in [-0.2, 0) is 6.54 Å². The topological polar surface area (TPSA) is 74.7 Å². The fourth-order valence-electron chi connectivity index (χ4n) is 2.25. The highest BCUT2D eigenvalue weighted by Crippen LogP contribution is 2.12. The fourth-order valence-corrected chi connectivity index (χ4v) is 2.25. The number of amides is 1. The third kappa shape index (κ3) is 3.82. The van der Waals surface area contributed by atoms with Crippen LogP contribution in [0.5, 0.6) is 5.88 Å². The van der Waals surface area contributed by atoms with E-state index in [1.807, 2.05) is 12.1 Å². The van der Waals surface area contributed by atoms with E-state index in [1.165, 1.54) is 4.90 Å². The molecule has 1 saturated heterocycles. The molecule has 2 heterocycles. The van der Waals surface area contributed by atoms with Gasteiger partial charge < -0.3 is 20.1 Å². The average Bonchev–Trinajstić information content (AvgIpc) is 2.45. The highest BCUT2D eigenvalue weighted by Gasteiger charge is 2.22. The van der Waals surface area contributed by atoms with Crippen LogP contribution in [0.1, 0.15) is 18.4 Å². The van der Waals surface area contributed by atoms with Crippen LogP contribution >= 0.6 is 0 Å². The molecule has 0 aliphatic carbocycles. The lowest BCUT2D eigenvalue weighted by Gasteiger charge is -2.31. The Morgan fingerprint density at radius 2 is 2.53 bits per heavy atom. The van der Waals surface area contributed by atoms with Gasteiger partial charge in [0.15, 0.2) is 0 Å². The van der Waals surface area contributed by atoms with Gasteiger partial charge in [0, 0.05) is 37.9 Å². The average molecular weight is 265 g/mol. The third-order valence-electron chi connectivity index (χ3n) is 3.30. The number of ether oxygens (including phenoxy) is 1. The van der Waals surface area contributed by atoms with Crippen molar-refractivity contribution in [1.29, 1.82) is 0 Å². The van der Waals surface area contributed by atoms with Crippen LogP contribution in [0.3, 0.4) is 0 Å². The van der Waals surface area contributed by atoms with Gasteiger partial charge in [0.05, 0.1) is 7.11 Å². The summed E-state index contributed by atoms with van der Waals surface area (Å²) in [6.45, 7) is 1.88. The highest BCUT2D eigenvalue weighted by atomic mass is 16.5. The second kappa shape index (κ2) is 6.38. The molecular formula is C13H19N3O3. The molecule has 1 aliphatic heterocycles. The molecule has 2 N–H and O–H groups in total. The van der Waals surface area contributed by atoms with E-state index in [0.717, 1.165) is 18.4 Å². The smallest absolute Gasteiger partial charge is 0.407 e. The van der Waals surface area contributed by atoms with Crippen molar-refractivity contribution < 1.29 is 14.6 Å². The van der Waals surface area contributed by atoms with Gasteiger partial charge in [-0.15, -0.1) is 0 Å². The van der Waals surface area contributed by atoms with Crippen LogP contribution in [-0.4, -0.2) is 47.3 Å². The number of carbonyl (C=O) groups is 1. The van der Waals surface area contributed by atoms with Crippen molar-refractivity contribution in [2.75, 3.05) is 20.2 Å². The molecule has 0 saturated carbocycles. The van der Waals surface area contributed by atoms with Crippen molar-refractivity contribution >= 4 is 6.09 Å². The number of likely N-dealkylation sites (tertiary alicyclic amines) is 1. The molecule has 0 radical (unpaired) electrons. The van der Waals surface area contributed by atoms with Gasteiger partial charge in [0.2, 0.25) is 5.88 Å². The van der Waals surface area contributed by atoms with Crippen LogP contribution in [0, 0.1) is 0 Å². The zero-order valence-electron chi connectivity index (χ0n) is 11.0. The molecule has 1 aromatic rings. The first-order valence-corrected chi connectivity index (χ1v) is 6.39. The Labute approximate surface area is 112 Å². The molecule has 6 nitrogen and oxygen atoms in total. The van der Waals surface area contributed by atoms with E-state index in [4.69, 9.17) is 9.84 Å². The van der Waals surface area contributed by atoms with Gasteiger partial charge >= 0.3 is 6.09 Å². The number of nitrogens with one attached hydrogen (secondary N) is 1. The normalized spacial score (nSPS) is 19.2. The zero-order valence-corrected chi connectivity index (χ0v) is 11.0. The van der Waals surface area contributed by atoms with Gasteiger partial charge in [-0.3, -0.25) is 0 Å². The number of pyridine rings is 1. The highest BCUT2D eigenvalue weighted by molar-refractivity contribution is 5.65. The molecule has 1 aliphatic rings. The number of piperidine rings is 1. The van der Waals surface area contributed by atoms with E-state index in [9.17, 15) is 4.79 Å². The second-order valence-electron chi connectivity index (χ2n) is 4.66. The summed E-state index contributed by atoms with van der Waals surface area (Å²) in [6.07, 6.45) is 2.78. The van der Waals surface area contributed by atoms with Crippen molar-refractivity contribution in [3.8, 4) is 5.88 Å². The molecule has 0 aromatic carbocycles. The van der Waals surface area contributed by atoms with Gasteiger partial charge in [0.1, 0.15) is 0 Å². The molecule has 19 heavy (non-hydrogen) atoms. The van der Waals surface area contributed by atoms with Crippen molar-refractivity contribution in [3.63, 3.8) is 0 Å². The van der Waals surface area contributed by atoms with E-state index in [1.54, 1.807) is 13.3 Å². The predicted molar refractivity (Wildman–Crippen MR) is 70.2 cm³/mol. The predicted octanol–water partition coefficient (Wildman–Crippen LogP) is 1.32. The summed E-state index contributed by atoms with van der Waals surface area (Å²) in [7, 11) is 1.59. The summed E-state index contributed by atoms with van der Waals surface area (Å²) in [6, 6.07) is 4.02. The molecule has 2 rings (SSSR count). The summed E-state index contributed by atoms with van der Waals surface area (Å²) in [5.41, 5.74) is 1.08. The Balaban J connectivity index is 1.86. The summed E-state index contributed by atoms with van der Waals surface area (Å²) in [4.78, 5) is 16.4. The van der Waals surface area contributed by atoms with Crippen molar-refractivity contribution in [2.45, 2.75) is 25.4 Å². The molecule has 1 atom stereocenters. The lowest BCUT2D eigenvalue weighted by Crippen LogP contribution is -2.47. The minimum Gasteiger partial charge on any atom is -0.481 e. The van der Waals surface area contributed by atoms with Crippen LogP contribution in [0.15, 0.2) is 18.3 Å². The van der Waals surface area contributed by atoms with E-state index in [-0.39, 0.29) is 6.04 Å². The Bertz CT molecular complexity index is 439. The Hall–Kier alpha value is -1.82. The lowest BCUT2D eigenvalue weighted by atomic mass is 10.1.